The van der Waals surface area contributed by atoms with Crippen LogP contribution in [0.4, 0.5) is 0 Å². The Morgan fingerprint density at radius 2 is 1.96 bits per heavy atom. The highest BCUT2D eigenvalue weighted by Crippen LogP contribution is 2.33. The van der Waals surface area contributed by atoms with Crippen LogP contribution in [-0.2, 0) is 24.3 Å². The number of rotatable bonds is 5. The van der Waals surface area contributed by atoms with E-state index in [4.69, 9.17) is 4.98 Å². The number of hydrogen-bond acceptors (Lipinski definition) is 5. The van der Waals surface area contributed by atoms with Crippen molar-refractivity contribution in [1.82, 2.24) is 9.97 Å². The maximum absolute atomic E-state index is 12.5. The molecule has 4 rings (SSSR count). The van der Waals surface area contributed by atoms with Crippen LogP contribution in [0.3, 0.4) is 0 Å². The third-order valence-corrected chi connectivity index (χ3v) is 7.48. The van der Waals surface area contributed by atoms with Crippen molar-refractivity contribution >= 4 is 45.1 Å². The van der Waals surface area contributed by atoms with Gasteiger partial charge in [-0.15, -0.1) is 34.9 Å². The van der Waals surface area contributed by atoms with Crippen LogP contribution in [0.5, 0.6) is 0 Å². The predicted octanol–water partition coefficient (Wildman–Crippen LogP) is 5.02. The Hall–Kier alpha value is -1.24. The molecule has 0 saturated heterocycles. The maximum atomic E-state index is 12.5. The fraction of sp³-hybridized carbons (Fsp3) is 0.368. The summed E-state index contributed by atoms with van der Waals surface area (Å²) in [6.45, 7) is 0. The quantitative estimate of drug-likeness (QED) is 0.624. The molecule has 130 valence electrons. The van der Waals surface area contributed by atoms with Crippen molar-refractivity contribution in [2.24, 2.45) is 0 Å². The molecule has 0 bridgehead atoms. The van der Waals surface area contributed by atoms with E-state index in [1.807, 2.05) is 0 Å². The molecule has 25 heavy (non-hydrogen) atoms. The summed E-state index contributed by atoms with van der Waals surface area (Å²) in [6, 6.07) is 8.66. The molecule has 6 heteroatoms. The normalized spacial score (nSPS) is 14.0. The Kier molecular flexibility index (Phi) is 5.20. The number of aromatic amines is 1. The molecule has 0 radical (unpaired) electrons. The van der Waals surface area contributed by atoms with Gasteiger partial charge in [0.15, 0.2) is 0 Å². The Bertz CT molecular complexity index is 944. The molecule has 2 heterocycles. The van der Waals surface area contributed by atoms with Gasteiger partial charge in [0.2, 0.25) is 0 Å². The monoisotopic (exact) mass is 388 g/mol. The van der Waals surface area contributed by atoms with Gasteiger partial charge >= 0.3 is 0 Å². The number of aryl methyl sites for hydroxylation is 2. The summed E-state index contributed by atoms with van der Waals surface area (Å²) in [6.07, 6.45) is 6.64. The largest absolute Gasteiger partial charge is 0.309 e. The molecule has 3 aromatic rings. The maximum Gasteiger partial charge on any atom is 0.259 e. The van der Waals surface area contributed by atoms with Crippen LogP contribution in [0.1, 0.15) is 34.7 Å². The fourth-order valence-corrected chi connectivity index (χ4v) is 5.81. The topological polar surface area (TPSA) is 45.8 Å². The lowest BCUT2D eigenvalue weighted by Crippen LogP contribution is -2.12. The second-order valence-corrected chi connectivity index (χ2v) is 9.19. The molecular formula is C19H20N2OS3. The number of nitrogens with one attached hydrogen (secondary N) is 1. The molecule has 2 aromatic heterocycles. The highest BCUT2D eigenvalue weighted by Gasteiger charge is 2.19. The second-order valence-electron chi connectivity index (χ2n) is 6.24. The molecule has 1 aromatic carbocycles. The Labute approximate surface area is 159 Å². The van der Waals surface area contributed by atoms with Crippen molar-refractivity contribution in [2.75, 3.05) is 6.26 Å². The molecule has 0 amide bonds. The summed E-state index contributed by atoms with van der Waals surface area (Å²) in [4.78, 5) is 23.9. The molecule has 0 fully saturated rings. The number of thioether (sulfide) groups is 2. The smallest absolute Gasteiger partial charge is 0.259 e. The van der Waals surface area contributed by atoms with E-state index in [0.717, 1.165) is 40.4 Å². The van der Waals surface area contributed by atoms with Gasteiger partial charge in [-0.1, -0.05) is 12.1 Å². The minimum atomic E-state index is 0.0457. The average molecular weight is 389 g/mol. The summed E-state index contributed by atoms with van der Waals surface area (Å²) in [5.41, 5.74) is 2.61. The molecule has 0 unspecified atom stereocenters. The second kappa shape index (κ2) is 7.56. The summed E-state index contributed by atoms with van der Waals surface area (Å²) < 4.78 is 0. The first kappa shape index (κ1) is 17.2. The molecule has 3 nitrogen and oxygen atoms in total. The SMILES string of the molecule is CSc1ccc(CSCc2nc3sc4c(c3c(=O)[nH]2)CCCC4)cc1. The number of nitrogens with zero attached hydrogens (tertiary/aromatic N) is 1. The fourth-order valence-electron chi connectivity index (χ4n) is 3.26. The van der Waals surface area contributed by atoms with Gasteiger partial charge in [0.1, 0.15) is 10.7 Å². The number of benzene rings is 1. The predicted molar refractivity (Wildman–Crippen MR) is 110 cm³/mol. The third kappa shape index (κ3) is 3.66. The lowest BCUT2D eigenvalue weighted by atomic mass is 9.97. The zero-order valence-electron chi connectivity index (χ0n) is 14.1. The minimum Gasteiger partial charge on any atom is -0.309 e. The lowest BCUT2D eigenvalue weighted by molar-refractivity contribution is 0.700. The number of H-pyrrole nitrogens is 1. The van der Waals surface area contributed by atoms with Gasteiger partial charge in [-0.05, 0) is 55.2 Å². The first-order chi connectivity index (χ1) is 12.2. The van der Waals surface area contributed by atoms with Crippen molar-refractivity contribution in [3.8, 4) is 0 Å². The Morgan fingerprint density at radius 3 is 2.76 bits per heavy atom. The van der Waals surface area contributed by atoms with Crippen LogP contribution in [0.25, 0.3) is 10.2 Å². The first-order valence-corrected chi connectivity index (χ1v) is 11.7. The van der Waals surface area contributed by atoms with Crippen molar-refractivity contribution in [1.29, 1.82) is 0 Å². The molecule has 1 aliphatic rings. The van der Waals surface area contributed by atoms with Gasteiger partial charge in [0.25, 0.3) is 5.56 Å². The Morgan fingerprint density at radius 1 is 1.16 bits per heavy atom. The first-order valence-electron chi connectivity index (χ1n) is 8.48. The molecule has 0 atom stereocenters. The van der Waals surface area contributed by atoms with E-state index in [2.05, 4.69) is 35.5 Å². The molecule has 1 aliphatic carbocycles. The van der Waals surface area contributed by atoms with Crippen LogP contribution in [-0.4, -0.2) is 16.2 Å². The number of thiophene rings is 1. The molecule has 0 aliphatic heterocycles. The van der Waals surface area contributed by atoms with Gasteiger partial charge in [-0.25, -0.2) is 4.98 Å². The van der Waals surface area contributed by atoms with E-state index in [9.17, 15) is 4.79 Å². The summed E-state index contributed by atoms with van der Waals surface area (Å²) in [7, 11) is 0. The van der Waals surface area contributed by atoms with Crippen molar-refractivity contribution in [2.45, 2.75) is 42.1 Å². The van der Waals surface area contributed by atoms with Crippen LogP contribution in [0.2, 0.25) is 0 Å². The van der Waals surface area contributed by atoms with E-state index in [1.54, 1.807) is 34.9 Å². The zero-order chi connectivity index (χ0) is 17.2. The number of fused-ring (bicyclic) bond motifs is 3. The highest BCUT2D eigenvalue weighted by molar-refractivity contribution is 7.98. The van der Waals surface area contributed by atoms with E-state index in [0.29, 0.717) is 0 Å². The van der Waals surface area contributed by atoms with Crippen molar-refractivity contribution < 1.29 is 0 Å². The van der Waals surface area contributed by atoms with Gasteiger partial charge in [-0.2, -0.15) is 0 Å². The standard InChI is InChI=1S/C19H20N2OS3/c1-23-13-8-6-12(7-9-13)10-24-11-16-20-18(22)17-14-4-2-3-5-15(14)25-19(17)21-16/h6-9H,2-5,10-11H2,1H3,(H,20,21,22). The third-order valence-electron chi connectivity index (χ3n) is 4.54. The van der Waals surface area contributed by atoms with E-state index in [-0.39, 0.29) is 5.56 Å². The summed E-state index contributed by atoms with van der Waals surface area (Å²) >= 11 is 5.27. The van der Waals surface area contributed by atoms with Crippen LogP contribution in [0.15, 0.2) is 34.0 Å². The van der Waals surface area contributed by atoms with Crippen LogP contribution < -0.4 is 5.56 Å². The Balaban J connectivity index is 1.49. The lowest BCUT2D eigenvalue weighted by Gasteiger charge is -2.09. The van der Waals surface area contributed by atoms with Crippen molar-refractivity contribution in [3.05, 3.63) is 56.4 Å². The van der Waals surface area contributed by atoms with Crippen LogP contribution in [0, 0.1) is 0 Å². The van der Waals surface area contributed by atoms with Crippen molar-refractivity contribution in [3.63, 3.8) is 0 Å². The molecular weight excluding hydrogens is 368 g/mol. The molecule has 0 saturated carbocycles. The minimum absolute atomic E-state index is 0.0457. The average Bonchev–Trinajstić information content (AvgIpc) is 3.01. The summed E-state index contributed by atoms with van der Waals surface area (Å²) in [5.74, 6) is 2.46. The van der Waals surface area contributed by atoms with Gasteiger partial charge < -0.3 is 4.98 Å². The molecule has 1 N–H and O–H groups in total. The summed E-state index contributed by atoms with van der Waals surface area (Å²) in [5, 5.41) is 0.848. The highest BCUT2D eigenvalue weighted by atomic mass is 32.2. The van der Waals surface area contributed by atoms with E-state index in [1.165, 1.54) is 33.7 Å². The van der Waals surface area contributed by atoms with Gasteiger partial charge in [0.05, 0.1) is 11.1 Å². The van der Waals surface area contributed by atoms with E-state index < -0.39 is 0 Å². The molecule has 0 spiro atoms. The van der Waals surface area contributed by atoms with Gasteiger partial charge in [-0.3, -0.25) is 4.79 Å². The van der Waals surface area contributed by atoms with E-state index >= 15 is 0 Å². The number of hydrogen-bond donors (Lipinski definition) is 1. The van der Waals surface area contributed by atoms with Gasteiger partial charge in [0, 0.05) is 15.5 Å². The number of aromatic nitrogens is 2. The van der Waals surface area contributed by atoms with Crippen LogP contribution >= 0.6 is 34.9 Å². The zero-order valence-corrected chi connectivity index (χ0v) is 16.6.